The monoisotopic (exact) mass is 287 g/mol. The molecule has 7 heteroatoms. The molecule has 0 aliphatic carbocycles. The Hall–Kier alpha value is -1.79. The van der Waals surface area contributed by atoms with E-state index < -0.39 is 35.4 Å². The summed E-state index contributed by atoms with van der Waals surface area (Å²) in [5.41, 5.74) is 4.41. The van der Waals surface area contributed by atoms with Gasteiger partial charge in [-0.15, -0.1) is 0 Å². The molecule has 0 aromatic heterocycles. The average Bonchev–Trinajstić information content (AvgIpc) is 2.29. The van der Waals surface area contributed by atoms with Crippen LogP contribution in [0.1, 0.15) is 41.0 Å². The van der Waals surface area contributed by atoms with Gasteiger partial charge in [-0.25, -0.2) is 9.59 Å². The number of carbonyl (C=O) groups excluding carboxylic acids is 2. The minimum atomic E-state index is -1.12. The number of carbonyl (C=O) groups is 3. The summed E-state index contributed by atoms with van der Waals surface area (Å²) >= 11 is 0. The predicted molar refractivity (Wildman–Crippen MR) is 75.0 cm³/mol. The minimum Gasteiger partial charge on any atom is -0.480 e. The number of nitrogens with one attached hydrogen (secondary N) is 2. The van der Waals surface area contributed by atoms with E-state index >= 15 is 0 Å². The number of hydrogen-bond acceptors (Lipinski definition) is 3. The van der Waals surface area contributed by atoms with Crippen molar-refractivity contribution in [2.45, 2.75) is 53.1 Å². The van der Waals surface area contributed by atoms with Crippen molar-refractivity contribution in [2.75, 3.05) is 0 Å². The van der Waals surface area contributed by atoms with Gasteiger partial charge in [0, 0.05) is 0 Å². The van der Waals surface area contributed by atoms with Crippen LogP contribution in [0.3, 0.4) is 0 Å². The van der Waals surface area contributed by atoms with Crippen molar-refractivity contribution in [2.24, 2.45) is 17.1 Å². The molecule has 0 aromatic rings. The first-order valence-corrected chi connectivity index (χ1v) is 6.59. The topological polar surface area (TPSA) is 122 Å². The third-order valence-corrected chi connectivity index (χ3v) is 3.19. The molecule has 0 bridgehead atoms. The Balaban J connectivity index is 5.07. The highest BCUT2D eigenvalue weighted by molar-refractivity contribution is 5.90. The molecule has 0 rings (SSSR count). The van der Waals surface area contributed by atoms with Crippen LogP contribution in [0.25, 0.3) is 0 Å². The van der Waals surface area contributed by atoms with Crippen LogP contribution in [0.15, 0.2) is 0 Å². The molecule has 0 spiro atoms. The Bertz CT molecular complexity index is 376. The molecule has 7 nitrogen and oxygen atoms in total. The number of aliphatic carboxylic acids is 1. The molecular weight excluding hydrogens is 262 g/mol. The third-order valence-electron chi connectivity index (χ3n) is 3.19. The molecule has 0 fully saturated rings. The summed E-state index contributed by atoms with van der Waals surface area (Å²) in [6.07, 6.45) is 0.644. The standard InChI is InChI=1S/C13H25N3O4/c1-6-7(2)8(15-12(14)20)10(17)16-9(11(18)19)13(3,4)5/h7-9H,6H2,1-5H3,(H,16,17)(H,18,19)(H3,14,15,20)/t7?,8?,9-/m1/s1. The van der Waals surface area contributed by atoms with Gasteiger partial charge in [0.15, 0.2) is 0 Å². The van der Waals surface area contributed by atoms with Crippen LogP contribution in [0.5, 0.6) is 0 Å². The molecule has 0 radical (unpaired) electrons. The lowest BCUT2D eigenvalue weighted by atomic mass is 9.86. The highest BCUT2D eigenvalue weighted by Gasteiger charge is 2.35. The molecule has 3 atom stereocenters. The lowest BCUT2D eigenvalue weighted by molar-refractivity contribution is -0.145. The van der Waals surface area contributed by atoms with E-state index in [0.717, 1.165) is 0 Å². The maximum atomic E-state index is 12.2. The first kappa shape index (κ1) is 18.2. The van der Waals surface area contributed by atoms with Gasteiger partial charge in [-0.2, -0.15) is 0 Å². The SMILES string of the molecule is CCC(C)C(NC(N)=O)C(=O)N[C@H](C(=O)O)C(C)(C)C. The smallest absolute Gasteiger partial charge is 0.326 e. The fourth-order valence-electron chi connectivity index (χ4n) is 1.74. The molecule has 5 N–H and O–H groups in total. The number of urea groups is 1. The molecule has 0 aliphatic heterocycles. The molecule has 2 unspecified atom stereocenters. The number of hydrogen-bond donors (Lipinski definition) is 4. The molecule has 0 aliphatic rings. The first-order chi connectivity index (χ1) is 9.00. The predicted octanol–water partition coefficient (Wildman–Crippen LogP) is 0.685. The van der Waals surface area contributed by atoms with Crippen molar-refractivity contribution in [3.05, 3.63) is 0 Å². The van der Waals surface area contributed by atoms with Crippen molar-refractivity contribution >= 4 is 17.9 Å². The molecule has 20 heavy (non-hydrogen) atoms. The lowest BCUT2D eigenvalue weighted by Gasteiger charge is -2.30. The van der Waals surface area contributed by atoms with Crippen molar-refractivity contribution in [3.63, 3.8) is 0 Å². The van der Waals surface area contributed by atoms with Crippen molar-refractivity contribution in [1.29, 1.82) is 0 Å². The zero-order valence-corrected chi connectivity index (χ0v) is 12.7. The van der Waals surface area contributed by atoms with Gasteiger partial charge in [0.1, 0.15) is 12.1 Å². The van der Waals surface area contributed by atoms with E-state index in [2.05, 4.69) is 10.6 Å². The Morgan fingerprint density at radius 2 is 1.70 bits per heavy atom. The van der Waals surface area contributed by atoms with Crippen LogP contribution in [0.4, 0.5) is 4.79 Å². The Kier molecular flexibility index (Phi) is 6.48. The fraction of sp³-hybridized carbons (Fsp3) is 0.769. The van der Waals surface area contributed by atoms with E-state index in [1.165, 1.54) is 0 Å². The van der Waals surface area contributed by atoms with Crippen LogP contribution in [0.2, 0.25) is 0 Å². The summed E-state index contributed by atoms with van der Waals surface area (Å²) < 4.78 is 0. The summed E-state index contributed by atoms with van der Waals surface area (Å²) in [5, 5.41) is 14.0. The van der Waals surface area contributed by atoms with E-state index in [9.17, 15) is 19.5 Å². The van der Waals surface area contributed by atoms with Crippen LogP contribution in [-0.4, -0.2) is 35.1 Å². The average molecular weight is 287 g/mol. The summed E-state index contributed by atoms with van der Waals surface area (Å²) in [6.45, 7) is 8.79. The van der Waals surface area contributed by atoms with E-state index in [4.69, 9.17) is 5.73 Å². The minimum absolute atomic E-state index is 0.156. The molecular formula is C13H25N3O4. The number of carboxylic acids is 1. The summed E-state index contributed by atoms with van der Waals surface area (Å²) in [6, 6.07) is -2.70. The van der Waals surface area contributed by atoms with Crippen LogP contribution < -0.4 is 16.4 Å². The van der Waals surface area contributed by atoms with Gasteiger partial charge in [-0.3, -0.25) is 4.79 Å². The van der Waals surface area contributed by atoms with Crippen LogP contribution in [0, 0.1) is 11.3 Å². The zero-order chi connectivity index (χ0) is 16.1. The Labute approximate surface area is 119 Å². The molecule has 0 heterocycles. The largest absolute Gasteiger partial charge is 0.480 e. The van der Waals surface area contributed by atoms with E-state index in [1.54, 1.807) is 27.7 Å². The van der Waals surface area contributed by atoms with Gasteiger partial charge in [-0.1, -0.05) is 41.0 Å². The summed E-state index contributed by atoms with van der Waals surface area (Å²) in [4.78, 5) is 34.4. The van der Waals surface area contributed by atoms with E-state index in [-0.39, 0.29) is 5.92 Å². The van der Waals surface area contributed by atoms with Crippen molar-refractivity contribution in [3.8, 4) is 0 Å². The van der Waals surface area contributed by atoms with E-state index in [1.807, 2.05) is 6.92 Å². The second-order valence-electron chi connectivity index (χ2n) is 6.02. The molecule has 0 saturated heterocycles. The maximum absolute atomic E-state index is 12.2. The summed E-state index contributed by atoms with van der Waals surface area (Å²) in [5.74, 6) is -1.81. The second kappa shape index (κ2) is 7.12. The Morgan fingerprint density at radius 1 is 1.20 bits per heavy atom. The number of nitrogens with two attached hydrogens (primary N) is 1. The normalized spacial score (nSPS) is 15.8. The van der Waals surface area contributed by atoms with Gasteiger partial charge < -0.3 is 21.5 Å². The Morgan fingerprint density at radius 3 is 2.00 bits per heavy atom. The maximum Gasteiger partial charge on any atom is 0.326 e. The van der Waals surface area contributed by atoms with Gasteiger partial charge in [0.25, 0.3) is 0 Å². The number of carboxylic acid groups (broad SMARTS) is 1. The molecule has 0 aromatic carbocycles. The van der Waals surface area contributed by atoms with Crippen molar-refractivity contribution in [1.82, 2.24) is 10.6 Å². The zero-order valence-electron chi connectivity index (χ0n) is 12.7. The van der Waals surface area contributed by atoms with Gasteiger partial charge >= 0.3 is 12.0 Å². The van der Waals surface area contributed by atoms with Gasteiger partial charge in [-0.05, 0) is 11.3 Å². The summed E-state index contributed by atoms with van der Waals surface area (Å²) in [7, 11) is 0. The molecule has 0 saturated carbocycles. The van der Waals surface area contributed by atoms with Gasteiger partial charge in [0.2, 0.25) is 5.91 Å². The van der Waals surface area contributed by atoms with Gasteiger partial charge in [0.05, 0.1) is 0 Å². The highest BCUT2D eigenvalue weighted by atomic mass is 16.4. The quantitative estimate of drug-likeness (QED) is 0.574. The highest BCUT2D eigenvalue weighted by Crippen LogP contribution is 2.20. The third kappa shape index (κ3) is 5.46. The molecule has 116 valence electrons. The van der Waals surface area contributed by atoms with E-state index in [0.29, 0.717) is 6.42 Å². The lowest BCUT2D eigenvalue weighted by Crippen LogP contribution is -2.57. The number of rotatable bonds is 6. The fourth-order valence-corrected chi connectivity index (χ4v) is 1.74. The molecule has 3 amide bonds. The van der Waals surface area contributed by atoms with Crippen molar-refractivity contribution < 1.29 is 19.5 Å². The van der Waals surface area contributed by atoms with Crippen LogP contribution >= 0.6 is 0 Å². The first-order valence-electron chi connectivity index (χ1n) is 6.59. The number of amides is 3. The second-order valence-corrected chi connectivity index (χ2v) is 6.02. The number of primary amides is 1. The van der Waals surface area contributed by atoms with Crippen LogP contribution in [-0.2, 0) is 9.59 Å².